The first-order valence-electron chi connectivity index (χ1n) is 5.26. The van der Waals surface area contributed by atoms with Crippen molar-refractivity contribution in [2.24, 2.45) is 0 Å². The number of nitrogens with zero attached hydrogens (tertiary/aromatic N) is 2. The van der Waals surface area contributed by atoms with Gasteiger partial charge >= 0.3 is 5.97 Å². The Bertz CT molecular complexity index is 380. The fourth-order valence-electron chi connectivity index (χ4n) is 1.41. The lowest BCUT2D eigenvalue weighted by atomic mass is 10.4. The third-order valence-electron chi connectivity index (χ3n) is 2.28. The number of aromatic nitrogens is 2. The first kappa shape index (κ1) is 12.5. The number of carboxylic acid groups (broad SMARTS) is 1. The Morgan fingerprint density at radius 3 is 2.94 bits per heavy atom. The van der Waals surface area contributed by atoms with Gasteiger partial charge in [0.2, 0.25) is 0 Å². The number of aromatic carboxylic acids is 1. The minimum absolute atomic E-state index is 0.0295. The van der Waals surface area contributed by atoms with Crippen LogP contribution in [0.1, 0.15) is 10.5 Å². The van der Waals surface area contributed by atoms with Gasteiger partial charge in [-0.2, -0.15) is 23.5 Å². The molecule has 0 amide bonds. The highest BCUT2D eigenvalue weighted by Gasteiger charge is 2.14. The van der Waals surface area contributed by atoms with Crippen LogP contribution in [0, 0.1) is 0 Å². The second-order valence-corrected chi connectivity index (χ2v) is 6.12. The molecule has 1 aliphatic heterocycles. The van der Waals surface area contributed by atoms with Gasteiger partial charge in [-0.15, -0.1) is 10.2 Å². The first-order valence-corrected chi connectivity index (χ1v) is 7.46. The summed E-state index contributed by atoms with van der Waals surface area (Å²) in [4.78, 5) is 10.6. The molecule has 17 heavy (non-hydrogen) atoms. The van der Waals surface area contributed by atoms with E-state index >= 15 is 0 Å². The van der Waals surface area contributed by atoms with Crippen LogP contribution in [0.3, 0.4) is 0 Å². The Morgan fingerprint density at radius 2 is 2.35 bits per heavy atom. The average molecular weight is 271 g/mol. The van der Waals surface area contributed by atoms with Gasteiger partial charge in [-0.3, -0.25) is 0 Å². The van der Waals surface area contributed by atoms with Gasteiger partial charge in [-0.05, 0) is 12.1 Å². The number of rotatable bonds is 4. The maximum atomic E-state index is 10.6. The van der Waals surface area contributed by atoms with Crippen LogP contribution in [0.5, 0.6) is 0 Å². The summed E-state index contributed by atoms with van der Waals surface area (Å²) in [6, 6.07) is 3.11. The Kier molecular flexibility index (Phi) is 4.49. The lowest BCUT2D eigenvalue weighted by Gasteiger charge is -2.21. The Balaban J connectivity index is 1.84. The molecule has 7 heteroatoms. The number of anilines is 1. The van der Waals surface area contributed by atoms with E-state index in [1.807, 2.05) is 23.5 Å². The second kappa shape index (κ2) is 6.11. The highest BCUT2D eigenvalue weighted by Crippen LogP contribution is 2.23. The van der Waals surface area contributed by atoms with Gasteiger partial charge in [0.25, 0.3) is 0 Å². The topological polar surface area (TPSA) is 75.1 Å². The number of carboxylic acids is 1. The number of hydrogen-bond acceptors (Lipinski definition) is 6. The van der Waals surface area contributed by atoms with Crippen molar-refractivity contribution in [3.63, 3.8) is 0 Å². The monoisotopic (exact) mass is 271 g/mol. The van der Waals surface area contributed by atoms with Gasteiger partial charge in [0.15, 0.2) is 5.69 Å². The molecular weight excluding hydrogens is 258 g/mol. The van der Waals surface area contributed by atoms with Crippen LogP contribution in [0.25, 0.3) is 0 Å². The van der Waals surface area contributed by atoms with Crippen molar-refractivity contribution in [3.8, 4) is 0 Å². The summed E-state index contributed by atoms with van der Waals surface area (Å²) in [7, 11) is 0. The molecule has 2 N–H and O–H groups in total. The highest BCUT2D eigenvalue weighted by molar-refractivity contribution is 8.06. The minimum atomic E-state index is -1.05. The van der Waals surface area contributed by atoms with Crippen LogP contribution in [-0.4, -0.2) is 50.3 Å². The zero-order valence-corrected chi connectivity index (χ0v) is 10.8. The molecule has 0 saturated carbocycles. The van der Waals surface area contributed by atoms with Crippen molar-refractivity contribution < 1.29 is 9.90 Å². The van der Waals surface area contributed by atoms with E-state index in [0.717, 1.165) is 12.3 Å². The Labute approximate surface area is 108 Å². The summed E-state index contributed by atoms with van der Waals surface area (Å²) < 4.78 is 0. The van der Waals surface area contributed by atoms with Gasteiger partial charge in [-0.1, -0.05) is 0 Å². The van der Waals surface area contributed by atoms with E-state index < -0.39 is 5.97 Å². The fourth-order valence-corrected chi connectivity index (χ4v) is 4.03. The molecule has 0 aromatic carbocycles. The first-order chi connectivity index (χ1) is 8.25. The summed E-state index contributed by atoms with van der Waals surface area (Å²) in [6.45, 7) is 0.846. The van der Waals surface area contributed by atoms with E-state index in [0.29, 0.717) is 11.1 Å². The normalized spacial score (nSPS) is 19.9. The molecule has 1 saturated heterocycles. The van der Waals surface area contributed by atoms with Crippen LogP contribution >= 0.6 is 23.5 Å². The maximum Gasteiger partial charge on any atom is 0.356 e. The van der Waals surface area contributed by atoms with Crippen molar-refractivity contribution in [1.82, 2.24) is 10.2 Å². The molecule has 92 valence electrons. The third-order valence-corrected chi connectivity index (χ3v) is 5.12. The van der Waals surface area contributed by atoms with E-state index in [-0.39, 0.29) is 5.69 Å². The molecule has 2 heterocycles. The smallest absolute Gasteiger partial charge is 0.356 e. The molecule has 1 unspecified atom stereocenters. The zero-order valence-electron chi connectivity index (χ0n) is 9.13. The number of nitrogens with one attached hydrogen (secondary N) is 1. The van der Waals surface area contributed by atoms with Gasteiger partial charge in [0, 0.05) is 29.1 Å². The Hall–Kier alpha value is -0.950. The van der Waals surface area contributed by atoms with Crippen molar-refractivity contribution in [3.05, 3.63) is 17.8 Å². The van der Waals surface area contributed by atoms with E-state index in [4.69, 9.17) is 5.11 Å². The molecule has 0 spiro atoms. The molecule has 1 aromatic rings. The predicted octanol–water partition coefficient (Wildman–Crippen LogP) is 1.44. The van der Waals surface area contributed by atoms with Crippen LogP contribution in [-0.2, 0) is 0 Å². The predicted molar refractivity (Wildman–Crippen MR) is 71.1 cm³/mol. The quantitative estimate of drug-likeness (QED) is 0.858. The zero-order chi connectivity index (χ0) is 12.1. The summed E-state index contributed by atoms with van der Waals surface area (Å²) in [5.41, 5.74) is -0.0295. The summed E-state index contributed by atoms with van der Waals surface area (Å²) in [5, 5.41) is 19.9. The van der Waals surface area contributed by atoms with E-state index in [1.165, 1.54) is 17.6 Å². The van der Waals surface area contributed by atoms with Gasteiger partial charge in [0.05, 0.1) is 0 Å². The van der Waals surface area contributed by atoms with Gasteiger partial charge < -0.3 is 10.4 Å². The van der Waals surface area contributed by atoms with Crippen molar-refractivity contribution in [2.75, 3.05) is 29.1 Å². The van der Waals surface area contributed by atoms with E-state index in [1.54, 1.807) is 6.07 Å². The number of carbonyl (C=O) groups is 1. The van der Waals surface area contributed by atoms with Gasteiger partial charge in [0.1, 0.15) is 5.82 Å². The molecule has 0 bridgehead atoms. The highest BCUT2D eigenvalue weighted by atomic mass is 32.2. The summed E-state index contributed by atoms with van der Waals surface area (Å²) >= 11 is 3.93. The SMILES string of the molecule is O=C(O)c1ccc(NCC2CSCCS2)nn1. The molecule has 1 fully saturated rings. The average Bonchev–Trinajstić information content (AvgIpc) is 2.38. The van der Waals surface area contributed by atoms with Crippen molar-refractivity contribution in [1.29, 1.82) is 0 Å². The lowest BCUT2D eigenvalue weighted by molar-refractivity contribution is 0.0689. The number of thioether (sulfide) groups is 2. The van der Waals surface area contributed by atoms with Crippen LogP contribution in [0.4, 0.5) is 5.82 Å². The molecule has 0 aliphatic carbocycles. The maximum absolute atomic E-state index is 10.6. The molecule has 1 aromatic heterocycles. The van der Waals surface area contributed by atoms with E-state index in [2.05, 4.69) is 15.5 Å². The minimum Gasteiger partial charge on any atom is -0.476 e. The standard InChI is InChI=1S/C10H13N3O2S2/c14-10(15)8-1-2-9(13-12-8)11-5-7-6-16-3-4-17-7/h1-2,7H,3-6H2,(H,11,13)(H,14,15). The summed E-state index contributed by atoms with van der Waals surface area (Å²) in [6.07, 6.45) is 0. The van der Waals surface area contributed by atoms with Crippen LogP contribution in [0.15, 0.2) is 12.1 Å². The van der Waals surface area contributed by atoms with Crippen molar-refractivity contribution >= 4 is 35.3 Å². The molecule has 5 nitrogen and oxygen atoms in total. The van der Waals surface area contributed by atoms with Gasteiger partial charge in [-0.25, -0.2) is 4.79 Å². The van der Waals surface area contributed by atoms with Crippen molar-refractivity contribution in [2.45, 2.75) is 5.25 Å². The van der Waals surface area contributed by atoms with Crippen LogP contribution in [0.2, 0.25) is 0 Å². The fraction of sp³-hybridized carbons (Fsp3) is 0.500. The third kappa shape index (κ3) is 3.78. The summed E-state index contributed by atoms with van der Waals surface area (Å²) in [5.74, 6) is 3.15. The molecular formula is C10H13N3O2S2. The molecule has 1 aliphatic rings. The second-order valence-electron chi connectivity index (χ2n) is 3.56. The molecule has 0 radical (unpaired) electrons. The largest absolute Gasteiger partial charge is 0.476 e. The van der Waals surface area contributed by atoms with Crippen LogP contribution < -0.4 is 5.32 Å². The number of hydrogen-bond donors (Lipinski definition) is 2. The molecule has 2 rings (SSSR count). The Morgan fingerprint density at radius 1 is 1.47 bits per heavy atom. The van der Waals surface area contributed by atoms with E-state index in [9.17, 15) is 4.79 Å². The lowest BCUT2D eigenvalue weighted by Crippen LogP contribution is -2.23. The molecule has 1 atom stereocenters.